The fourth-order valence-corrected chi connectivity index (χ4v) is 3.48. The summed E-state index contributed by atoms with van der Waals surface area (Å²) < 4.78 is 34.6. The third-order valence-corrected chi connectivity index (χ3v) is 4.89. The summed E-state index contributed by atoms with van der Waals surface area (Å²) in [5.74, 6) is -4.86. The van der Waals surface area contributed by atoms with E-state index in [1.54, 1.807) is 0 Å². The monoisotopic (exact) mass is 330 g/mol. The van der Waals surface area contributed by atoms with Gasteiger partial charge in [0.2, 0.25) is 0 Å². The largest absolute Gasteiger partial charge is 0.383 e. The lowest BCUT2D eigenvalue weighted by Crippen LogP contribution is -2.57. The molecule has 1 amide bonds. The van der Waals surface area contributed by atoms with Gasteiger partial charge in [-0.15, -0.1) is 0 Å². The first-order valence-electron chi connectivity index (χ1n) is 7.68. The van der Waals surface area contributed by atoms with Crippen molar-refractivity contribution in [2.45, 2.75) is 55.8 Å². The van der Waals surface area contributed by atoms with Gasteiger partial charge in [-0.05, 0) is 12.8 Å². The van der Waals surface area contributed by atoms with Crippen LogP contribution in [0.5, 0.6) is 0 Å². The van der Waals surface area contributed by atoms with Gasteiger partial charge in [-0.25, -0.2) is 4.98 Å². The molecule has 3 rings (SSSR count). The van der Waals surface area contributed by atoms with Crippen molar-refractivity contribution in [3.05, 3.63) is 12.2 Å². The van der Waals surface area contributed by atoms with Gasteiger partial charge in [-0.3, -0.25) is 9.89 Å². The molecule has 0 spiro atoms. The van der Waals surface area contributed by atoms with Gasteiger partial charge in [0.1, 0.15) is 17.8 Å². The highest BCUT2D eigenvalue weighted by molar-refractivity contribution is 5.85. The van der Waals surface area contributed by atoms with Crippen LogP contribution in [0.25, 0.3) is 0 Å². The number of methoxy groups -OCH3 is 1. The number of hydrogen-bond donors (Lipinski definition) is 2. The molecule has 0 radical (unpaired) electrons. The summed E-state index contributed by atoms with van der Waals surface area (Å²) in [6, 6.07) is -0.661. The molecule has 7 nitrogen and oxygen atoms in total. The second-order valence-electron chi connectivity index (χ2n) is 6.25. The lowest BCUT2D eigenvalue weighted by molar-refractivity contribution is -0.201. The Morgan fingerprint density at radius 1 is 1.52 bits per heavy atom. The van der Waals surface area contributed by atoms with Gasteiger partial charge in [0.05, 0.1) is 12.1 Å². The molecule has 1 aromatic rings. The van der Waals surface area contributed by atoms with Gasteiger partial charge in [0, 0.05) is 20.1 Å². The molecule has 2 atom stereocenters. The van der Waals surface area contributed by atoms with E-state index in [1.807, 2.05) is 0 Å². The Kier molecular flexibility index (Phi) is 4.09. The second-order valence-corrected chi connectivity index (χ2v) is 6.25. The standard InChI is InChI=1S/C14H20F2N4O3/c1-23-9-6-10(11-17-8-18-19-11)20(7-9)12(21)14(15,16)13(22)4-2-3-5-13/h8-10,22H,2-7H2,1H3,(H,17,18,19)/t9-,10+/m1/s1. The van der Waals surface area contributed by atoms with E-state index < -0.39 is 23.5 Å². The Balaban J connectivity index is 1.87. The molecule has 9 heteroatoms. The SMILES string of the molecule is CO[C@@H]1C[C@@H](c2ncn[nH]2)N(C(=O)C(F)(F)C2(O)CCCC2)C1. The molecule has 2 N–H and O–H groups in total. The average Bonchev–Trinajstić information content (AvgIpc) is 3.26. The Morgan fingerprint density at radius 3 is 2.78 bits per heavy atom. The number of aromatic nitrogens is 3. The van der Waals surface area contributed by atoms with E-state index in [9.17, 15) is 18.7 Å². The maximum Gasteiger partial charge on any atom is 0.352 e. The van der Waals surface area contributed by atoms with Crippen LogP contribution >= 0.6 is 0 Å². The quantitative estimate of drug-likeness (QED) is 0.860. The topological polar surface area (TPSA) is 91.3 Å². The highest BCUT2D eigenvalue weighted by Gasteiger charge is 2.61. The minimum Gasteiger partial charge on any atom is -0.383 e. The van der Waals surface area contributed by atoms with Crippen molar-refractivity contribution >= 4 is 5.91 Å². The first kappa shape index (κ1) is 16.3. The number of rotatable bonds is 4. The van der Waals surface area contributed by atoms with Crippen LogP contribution < -0.4 is 0 Å². The molecule has 0 bridgehead atoms. The zero-order chi connectivity index (χ0) is 16.7. The van der Waals surface area contributed by atoms with E-state index in [0.717, 1.165) is 4.90 Å². The number of ether oxygens (including phenoxy) is 1. The number of nitrogens with one attached hydrogen (secondary N) is 1. The lowest BCUT2D eigenvalue weighted by Gasteiger charge is -2.35. The smallest absolute Gasteiger partial charge is 0.352 e. The summed E-state index contributed by atoms with van der Waals surface area (Å²) in [4.78, 5) is 17.5. The van der Waals surface area contributed by atoms with E-state index >= 15 is 0 Å². The van der Waals surface area contributed by atoms with E-state index in [2.05, 4.69) is 15.2 Å². The molecule has 23 heavy (non-hydrogen) atoms. The first-order valence-corrected chi connectivity index (χ1v) is 7.68. The molecule has 128 valence electrons. The lowest BCUT2D eigenvalue weighted by atomic mass is 9.92. The zero-order valence-electron chi connectivity index (χ0n) is 12.8. The van der Waals surface area contributed by atoms with Crippen molar-refractivity contribution in [1.82, 2.24) is 20.1 Å². The fourth-order valence-electron chi connectivity index (χ4n) is 3.48. The Morgan fingerprint density at radius 2 is 2.22 bits per heavy atom. The van der Waals surface area contributed by atoms with Crippen molar-refractivity contribution in [3.8, 4) is 0 Å². The number of carbonyl (C=O) groups excluding carboxylic acids is 1. The molecule has 1 saturated heterocycles. The molecule has 2 aliphatic rings. The van der Waals surface area contributed by atoms with Gasteiger partial charge in [0.25, 0.3) is 5.91 Å². The van der Waals surface area contributed by atoms with E-state index in [1.165, 1.54) is 13.4 Å². The Labute approximate surface area is 132 Å². The van der Waals surface area contributed by atoms with Gasteiger partial charge in [-0.2, -0.15) is 13.9 Å². The van der Waals surface area contributed by atoms with Crippen molar-refractivity contribution in [2.75, 3.05) is 13.7 Å². The number of likely N-dealkylation sites (tertiary alicyclic amines) is 1. The van der Waals surface area contributed by atoms with Crippen molar-refractivity contribution in [2.24, 2.45) is 0 Å². The summed E-state index contributed by atoms with van der Waals surface area (Å²) >= 11 is 0. The number of H-pyrrole nitrogens is 1. The van der Waals surface area contributed by atoms with Crippen LogP contribution in [0.15, 0.2) is 6.33 Å². The Hall–Kier alpha value is -1.61. The van der Waals surface area contributed by atoms with Crippen molar-refractivity contribution < 1.29 is 23.4 Å². The van der Waals surface area contributed by atoms with E-state index in [-0.39, 0.29) is 25.5 Å². The maximum atomic E-state index is 14.7. The minimum atomic E-state index is -3.83. The highest BCUT2D eigenvalue weighted by Crippen LogP contribution is 2.45. The number of aromatic amines is 1. The van der Waals surface area contributed by atoms with Gasteiger partial charge < -0.3 is 14.7 Å². The maximum absolute atomic E-state index is 14.7. The summed E-state index contributed by atoms with van der Waals surface area (Å²) in [5.41, 5.74) is -2.26. The predicted molar refractivity (Wildman–Crippen MR) is 74.6 cm³/mol. The van der Waals surface area contributed by atoms with Crippen LogP contribution in [0.2, 0.25) is 0 Å². The summed E-state index contributed by atoms with van der Waals surface area (Å²) in [7, 11) is 1.47. The molecule has 2 heterocycles. The molecule has 0 unspecified atom stereocenters. The minimum absolute atomic E-state index is 0.0341. The number of carbonyl (C=O) groups is 1. The molecular formula is C14H20F2N4O3. The molecular weight excluding hydrogens is 310 g/mol. The van der Waals surface area contributed by atoms with Crippen molar-refractivity contribution in [3.63, 3.8) is 0 Å². The predicted octanol–water partition coefficient (Wildman–Crippen LogP) is 1.03. The normalized spacial score (nSPS) is 27.6. The van der Waals surface area contributed by atoms with Crippen LogP contribution in [-0.2, 0) is 9.53 Å². The number of aliphatic hydroxyl groups is 1. The van der Waals surface area contributed by atoms with Crippen LogP contribution in [0.1, 0.15) is 44.0 Å². The van der Waals surface area contributed by atoms with Crippen LogP contribution in [0, 0.1) is 0 Å². The van der Waals surface area contributed by atoms with Crippen LogP contribution in [0.3, 0.4) is 0 Å². The van der Waals surface area contributed by atoms with Crippen molar-refractivity contribution in [1.29, 1.82) is 0 Å². The van der Waals surface area contributed by atoms with Gasteiger partial charge >= 0.3 is 5.92 Å². The third-order valence-electron chi connectivity index (χ3n) is 4.89. The fraction of sp³-hybridized carbons (Fsp3) is 0.786. The highest BCUT2D eigenvalue weighted by atomic mass is 19.3. The average molecular weight is 330 g/mol. The number of alkyl halides is 2. The molecule has 2 fully saturated rings. The second kappa shape index (κ2) is 5.79. The molecule has 1 aliphatic heterocycles. The summed E-state index contributed by atoms with van der Waals surface area (Å²) in [6.45, 7) is 0.0341. The van der Waals surface area contributed by atoms with Crippen LogP contribution in [0.4, 0.5) is 8.78 Å². The summed E-state index contributed by atoms with van der Waals surface area (Å²) in [5, 5.41) is 16.6. The third kappa shape index (κ3) is 2.61. The number of nitrogens with zero attached hydrogens (tertiary/aromatic N) is 3. The molecule has 1 aromatic heterocycles. The van der Waals surface area contributed by atoms with Gasteiger partial charge in [0.15, 0.2) is 0 Å². The Bertz CT molecular complexity index is 560. The number of amides is 1. The number of hydrogen-bond acceptors (Lipinski definition) is 5. The number of halogens is 2. The van der Waals surface area contributed by atoms with Gasteiger partial charge in [-0.1, -0.05) is 12.8 Å². The molecule has 0 aromatic carbocycles. The summed E-state index contributed by atoms with van der Waals surface area (Å²) in [6.07, 6.45) is 2.10. The molecule has 1 saturated carbocycles. The van der Waals surface area contributed by atoms with Crippen LogP contribution in [-0.4, -0.2) is 62.4 Å². The van der Waals surface area contributed by atoms with E-state index in [0.29, 0.717) is 25.1 Å². The molecule has 1 aliphatic carbocycles. The van der Waals surface area contributed by atoms with E-state index in [4.69, 9.17) is 4.74 Å². The first-order chi connectivity index (χ1) is 10.9. The zero-order valence-corrected chi connectivity index (χ0v) is 12.8.